The molecule has 0 unspecified atom stereocenters. The van der Waals surface area contributed by atoms with Gasteiger partial charge in [0.25, 0.3) is 15.9 Å². The Bertz CT molecular complexity index is 1120. The summed E-state index contributed by atoms with van der Waals surface area (Å²) >= 11 is 12.1. The van der Waals surface area contributed by atoms with Crippen LogP contribution in [-0.2, 0) is 16.6 Å². The highest BCUT2D eigenvalue weighted by atomic mass is 35.5. The number of sulfonamides is 1. The van der Waals surface area contributed by atoms with Crippen molar-refractivity contribution >= 4 is 44.8 Å². The Morgan fingerprint density at radius 3 is 2.24 bits per heavy atom. The average Bonchev–Trinajstić information content (AvgIpc) is 2.73. The molecule has 0 fully saturated rings. The number of rotatable bonds is 6. The van der Waals surface area contributed by atoms with Gasteiger partial charge in [0.15, 0.2) is 0 Å². The van der Waals surface area contributed by atoms with E-state index in [4.69, 9.17) is 23.2 Å². The van der Waals surface area contributed by atoms with E-state index < -0.39 is 10.0 Å². The fourth-order valence-electron chi connectivity index (χ4n) is 2.65. The zero-order chi connectivity index (χ0) is 21.0. The number of carbonyl (C=O) groups excluding carboxylic acids is 1. The fourth-order valence-corrected chi connectivity index (χ4v) is 4.25. The molecule has 29 heavy (non-hydrogen) atoms. The molecule has 0 aliphatic rings. The molecular weight excluding hydrogens is 431 g/mol. The van der Waals surface area contributed by atoms with Gasteiger partial charge in [-0.05, 0) is 48.0 Å². The van der Waals surface area contributed by atoms with Crippen LogP contribution in [0.25, 0.3) is 0 Å². The van der Waals surface area contributed by atoms with Crippen molar-refractivity contribution in [1.29, 1.82) is 0 Å². The van der Waals surface area contributed by atoms with E-state index in [-0.39, 0.29) is 21.4 Å². The number of nitrogens with zero attached hydrogens (tertiary/aromatic N) is 1. The lowest BCUT2D eigenvalue weighted by atomic mass is 10.1. The molecule has 8 heteroatoms. The van der Waals surface area contributed by atoms with Crippen LogP contribution in [0.5, 0.6) is 0 Å². The molecule has 0 radical (unpaired) electrons. The number of carbonyl (C=O) groups is 1. The Morgan fingerprint density at radius 1 is 0.966 bits per heavy atom. The molecule has 0 bridgehead atoms. The molecular formula is C21H18Cl2N2O3S. The second-order valence-electron chi connectivity index (χ2n) is 6.26. The largest absolute Gasteiger partial charge is 0.348 e. The monoisotopic (exact) mass is 448 g/mol. The normalized spacial score (nSPS) is 11.1. The second-order valence-corrected chi connectivity index (χ2v) is 9.07. The highest BCUT2D eigenvalue weighted by Crippen LogP contribution is 2.27. The summed E-state index contributed by atoms with van der Waals surface area (Å²) in [5.41, 5.74) is 1.51. The molecule has 3 aromatic carbocycles. The van der Waals surface area contributed by atoms with Crippen LogP contribution in [0.2, 0.25) is 10.0 Å². The van der Waals surface area contributed by atoms with Crippen molar-refractivity contribution in [3.63, 3.8) is 0 Å². The summed E-state index contributed by atoms with van der Waals surface area (Å²) in [5, 5.41) is 3.56. The van der Waals surface area contributed by atoms with E-state index in [0.29, 0.717) is 17.3 Å². The topological polar surface area (TPSA) is 66.5 Å². The van der Waals surface area contributed by atoms with Crippen LogP contribution >= 0.6 is 23.2 Å². The van der Waals surface area contributed by atoms with Gasteiger partial charge in [0.1, 0.15) is 0 Å². The van der Waals surface area contributed by atoms with E-state index in [1.807, 2.05) is 12.1 Å². The Morgan fingerprint density at radius 2 is 1.62 bits per heavy atom. The quantitative estimate of drug-likeness (QED) is 0.591. The van der Waals surface area contributed by atoms with Gasteiger partial charge in [0.05, 0.1) is 21.2 Å². The Labute approximate surface area is 179 Å². The lowest BCUT2D eigenvalue weighted by Gasteiger charge is -2.20. The van der Waals surface area contributed by atoms with E-state index in [1.54, 1.807) is 36.4 Å². The molecule has 1 amide bonds. The molecule has 0 saturated heterocycles. The number of nitrogens with one attached hydrogen (secondary N) is 1. The van der Waals surface area contributed by atoms with Gasteiger partial charge in [0, 0.05) is 18.6 Å². The van der Waals surface area contributed by atoms with E-state index >= 15 is 0 Å². The van der Waals surface area contributed by atoms with Gasteiger partial charge in [-0.3, -0.25) is 9.10 Å². The van der Waals surface area contributed by atoms with Gasteiger partial charge < -0.3 is 5.32 Å². The second kappa shape index (κ2) is 8.86. The molecule has 0 aromatic heterocycles. The zero-order valence-electron chi connectivity index (χ0n) is 15.5. The summed E-state index contributed by atoms with van der Waals surface area (Å²) in [6.45, 7) is 0.316. The summed E-state index contributed by atoms with van der Waals surface area (Å²) in [4.78, 5) is 12.6. The van der Waals surface area contributed by atoms with Crippen molar-refractivity contribution in [2.24, 2.45) is 0 Å². The van der Waals surface area contributed by atoms with Crippen molar-refractivity contribution in [2.75, 3.05) is 11.4 Å². The fraction of sp³-hybridized carbons (Fsp3) is 0.0952. The smallest absolute Gasteiger partial charge is 0.264 e. The van der Waals surface area contributed by atoms with Crippen LogP contribution in [0.4, 0.5) is 5.69 Å². The van der Waals surface area contributed by atoms with Gasteiger partial charge in [-0.15, -0.1) is 0 Å². The summed E-state index contributed by atoms with van der Waals surface area (Å²) in [7, 11) is -2.29. The first kappa shape index (κ1) is 21.2. The van der Waals surface area contributed by atoms with Crippen molar-refractivity contribution < 1.29 is 13.2 Å². The van der Waals surface area contributed by atoms with Crippen LogP contribution in [0, 0.1) is 0 Å². The first-order valence-electron chi connectivity index (χ1n) is 8.65. The number of benzene rings is 3. The first-order chi connectivity index (χ1) is 13.8. The van der Waals surface area contributed by atoms with E-state index in [0.717, 1.165) is 9.87 Å². The SMILES string of the molecule is CN(c1ccc(C(=O)NCc2ccc(Cl)cc2)c(Cl)c1)S(=O)(=O)c1ccccc1. The van der Waals surface area contributed by atoms with Gasteiger partial charge in [-0.25, -0.2) is 8.42 Å². The molecule has 0 aliphatic heterocycles. The lowest BCUT2D eigenvalue weighted by molar-refractivity contribution is 0.0951. The standard InChI is InChI=1S/C21H18Cl2N2O3S/c1-25(29(27,28)18-5-3-2-4-6-18)17-11-12-19(20(23)13-17)21(26)24-14-15-7-9-16(22)10-8-15/h2-13H,14H2,1H3,(H,24,26). The van der Waals surface area contributed by atoms with E-state index in [1.165, 1.54) is 31.3 Å². The minimum absolute atomic E-state index is 0.159. The third kappa shape index (κ3) is 4.90. The number of halogens is 2. The maximum Gasteiger partial charge on any atom is 0.264 e. The lowest BCUT2D eigenvalue weighted by Crippen LogP contribution is -2.27. The molecule has 0 aliphatic carbocycles. The molecule has 0 heterocycles. The summed E-state index contributed by atoms with van der Waals surface area (Å²) in [6.07, 6.45) is 0. The Hall–Kier alpha value is -2.54. The molecule has 0 saturated carbocycles. The maximum atomic E-state index is 12.7. The van der Waals surface area contributed by atoms with E-state index in [2.05, 4.69) is 5.32 Å². The third-order valence-electron chi connectivity index (χ3n) is 4.33. The molecule has 150 valence electrons. The highest BCUT2D eigenvalue weighted by molar-refractivity contribution is 7.92. The maximum absolute atomic E-state index is 12.7. The number of amides is 1. The summed E-state index contributed by atoms with van der Waals surface area (Å²) < 4.78 is 26.6. The predicted molar refractivity (Wildman–Crippen MR) is 116 cm³/mol. The van der Waals surface area contributed by atoms with Crippen molar-refractivity contribution in [1.82, 2.24) is 5.32 Å². The van der Waals surface area contributed by atoms with Crippen LogP contribution in [-0.4, -0.2) is 21.4 Å². The summed E-state index contributed by atoms with van der Waals surface area (Å²) in [6, 6.07) is 19.7. The van der Waals surface area contributed by atoms with Crippen LogP contribution in [0.3, 0.4) is 0 Å². The van der Waals surface area contributed by atoms with Crippen LogP contribution in [0.15, 0.2) is 77.7 Å². The van der Waals surface area contributed by atoms with Crippen molar-refractivity contribution in [2.45, 2.75) is 11.4 Å². The van der Waals surface area contributed by atoms with Crippen molar-refractivity contribution in [3.8, 4) is 0 Å². The Kier molecular flexibility index (Phi) is 6.47. The number of hydrogen-bond acceptors (Lipinski definition) is 3. The minimum Gasteiger partial charge on any atom is -0.348 e. The molecule has 5 nitrogen and oxygen atoms in total. The van der Waals surface area contributed by atoms with Gasteiger partial charge in [0.2, 0.25) is 0 Å². The van der Waals surface area contributed by atoms with Gasteiger partial charge in [-0.2, -0.15) is 0 Å². The van der Waals surface area contributed by atoms with Gasteiger partial charge in [-0.1, -0.05) is 53.5 Å². The Balaban J connectivity index is 1.75. The highest BCUT2D eigenvalue weighted by Gasteiger charge is 2.22. The zero-order valence-corrected chi connectivity index (χ0v) is 17.8. The first-order valence-corrected chi connectivity index (χ1v) is 10.8. The third-order valence-corrected chi connectivity index (χ3v) is 6.69. The summed E-state index contributed by atoms with van der Waals surface area (Å²) in [5.74, 6) is -0.356. The predicted octanol–water partition coefficient (Wildman–Crippen LogP) is 4.75. The van der Waals surface area contributed by atoms with E-state index in [9.17, 15) is 13.2 Å². The van der Waals surface area contributed by atoms with Crippen molar-refractivity contribution in [3.05, 3.63) is 94.0 Å². The molecule has 0 spiro atoms. The number of hydrogen-bond donors (Lipinski definition) is 1. The number of anilines is 1. The minimum atomic E-state index is -3.73. The molecule has 3 aromatic rings. The van der Waals surface area contributed by atoms with Crippen LogP contribution in [0.1, 0.15) is 15.9 Å². The average molecular weight is 449 g/mol. The molecule has 3 rings (SSSR count). The molecule has 1 N–H and O–H groups in total. The molecule has 0 atom stereocenters. The van der Waals surface area contributed by atoms with Crippen LogP contribution < -0.4 is 9.62 Å². The van der Waals surface area contributed by atoms with Gasteiger partial charge >= 0.3 is 0 Å².